The van der Waals surface area contributed by atoms with Gasteiger partial charge in [-0.15, -0.1) is 0 Å². The fourth-order valence-electron chi connectivity index (χ4n) is 2.75. The van der Waals surface area contributed by atoms with E-state index in [0.717, 1.165) is 11.8 Å². The molecule has 0 bridgehead atoms. The summed E-state index contributed by atoms with van der Waals surface area (Å²) in [6.45, 7) is 2.68. The van der Waals surface area contributed by atoms with Gasteiger partial charge in [-0.3, -0.25) is 14.5 Å². The molecule has 0 aromatic heterocycles. The molecule has 0 saturated carbocycles. The minimum Gasteiger partial charge on any atom is -0.492 e. The van der Waals surface area contributed by atoms with Crippen LogP contribution < -0.4 is 14.2 Å². The normalized spacial score (nSPS) is 15.1. The topological polar surface area (TPSA) is 65.1 Å². The van der Waals surface area contributed by atoms with Gasteiger partial charge in [0.25, 0.3) is 11.1 Å². The summed E-state index contributed by atoms with van der Waals surface area (Å²) in [5.41, 5.74) is 0.644. The predicted molar refractivity (Wildman–Crippen MR) is 114 cm³/mol. The molecule has 0 N–H and O–H groups in total. The highest BCUT2D eigenvalue weighted by molar-refractivity contribution is 8.18. The zero-order valence-electron chi connectivity index (χ0n) is 16.0. The van der Waals surface area contributed by atoms with Crippen LogP contribution in [0.1, 0.15) is 12.5 Å². The van der Waals surface area contributed by atoms with Gasteiger partial charge in [0, 0.05) is 0 Å². The maximum Gasteiger partial charge on any atom is 0.293 e. The van der Waals surface area contributed by atoms with Crippen molar-refractivity contribution in [3.05, 3.63) is 58.0 Å². The van der Waals surface area contributed by atoms with E-state index in [2.05, 4.69) is 0 Å². The Kier molecular flexibility index (Phi) is 7.06. The van der Waals surface area contributed by atoms with Crippen LogP contribution in [0.3, 0.4) is 0 Å². The summed E-state index contributed by atoms with van der Waals surface area (Å²) in [4.78, 5) is 26.4. The smallest absolute Gasteiger partial charge is 0.293 e. The molecule has 152 valence electrons. The van der Waals surface area contributed by atoms with E-state index in [1.807, 2.05) is 37.3 Å². The molecule has 3 rings (SSSR count). The number of benzene rings is 2. The average molecular weight is 434 g/mol. The Balaban J connectivity index is 1.72. The Bertz CT molecular complexity index is 932. The van der Waals surface area contributed by atoms with E-state index in [-0.39, 0.29) is 24.3 Å². The van der Waals surface area contributed by atoms with Crippen LogP contribution in [0.4, 0.5) is 4.79 Å². The fraction of sp³-hybridized carbons (Fsp3) is 0.238. The van der Waals surface area contributed by atoms with Crippen molar-refractivity contribution in [1.82, 2.24) is 4.90 Å². The lowest BCUT2D eigenvalue weighted by molar-refractivity contribution is -0.123. The summed E-state index contributed by atoms with van der Waals surface area (Å²) < 4.78 is 16.4. The van der Waals surface area contributed by atoms with Crippen LogP contribution in [0.5, 0.6) is 17.2 Å². The summed E-state index contributed by atoms with van der Waals surface area (Å²) in [6.07, 6.45) is 1.62. The number of ether oxygens (including phenoxy) is 3. The number of amides is 2. The van der Waals surface area contributed by atoms with Crippen molar-refractivity contribution in [2.45, 2.75) is 6.92 Å². The number of carbonyl (C=O) groups excluding carboxylic acids is 2. The van der Waals surface area contributed by atoms with Gasteiger partial charge in [-0.05, 0) is 54.6 Å². The molecular formula is C21H20ClNO5S. The highest BCUT2D eigenvalue weighted by Gasteiger charge is 2.34. The van der Waals surface area contributed by atoms with Crippen LogP contribution in [-0.4, -0.2) is 42.9 Å². The highest BCUT2D eigenvalue weighted by Crippen LogP contribution is 2.38. The third-order valence-corrected chi connectivity index (χ3v) is 5.22. The summed E-state index contributed by atoms with van der Waals surface area (Å²) in [6, 6.07) is 12.6. The number of hydrogen-bond acceptors (Lipinski definition) is 6. The van der Waals surface area contributed by atoms with E-state index < -0.39 is 0 Å². The van der Waals surface area contributed by atoms with Crippen LogP contribution in [0.2, 0.25) is 5.02 Å². The predicted octanol–water partition coefficient (Wildman–Crippen LogP) is 4.86. The molecule has 6 nitrogen and oxygen atoms in total. The summed E-state index contributed by atoms with van der Waals surface area (Å²) in [5.74, 6) is 1.23. The highest BCUT2D eigenvalue weighted by atomic mass is 35.5. The van der Waals surface area contributed by atoms with E-state index in [1.54, 1.807) is 18.2 Å². The molecule has 0 unspecified atom stereocenters. The van der Waals surface area contributed by atoms with Gasteiger partial charge in [-0.25, -0.2) is 0 Å². The standard InChI is InChI=1S/C21H20ClNO5S/c1-3-27-17-12-14(11-16(22)19(17)26-2)13-18-20(24)23(21(25)29-18)9-10-28-15-7-5-4-6-8-15/h4-8,11-13H,3,9-10H2,1-2H3/b18-13-. The van der Waals surface area contributed by atoms with Gasteiger partial charge in [-0.2, -0.15) is 0 Å². The van der Waals surface area contributed by atoms with Gasteiger partial charge >= 0.3 is 0 Å². The van der Waals surface area contributed by atoms with Gasteiger partial charge in [0.15, 0.2) is 11.5 Å². The fourth-order valence-corrected chi connectivity index (χ4v) is 3.91. The molecule has 0 spiro atoms. The number of carbonyl (C=O) groups is 2. The molecular weight excluding hydrogens is 414 g/mol. The van der Waals surface area contributed by atoms with Crippen molar-refractivity contribution in [3.63, 3.8) is 0 Å². The van der Waals surface area contributed by atoms with Crippen molar-refractivity contribution in [2.24, 2.45) is 0 Å². The van der Waals surface area contributed by atoms with Gasteiger partial charge in [0.2, 0.25) is 0 Å². The van der Waals surface area contributed by atoms with Crippen LogP contribution in [0.15, 0.2) is 47.4 Å². The number of methoxy groups -OCH3 is 1. The number of imide groups is 1. The van der Waals surface area contributed by atoms with Crippen LogP contribution in [-0.2, 0) is 4.79 Å². The second-order valence-corrected chi connectivity index (χ2v) is 7.36. The number of halogens is 1. The first-order chi connectivity index (χ1) is 14.0. The summed E-state index contributed by atoms with van der Waals surface area (Å²) in [5, 5.41) is 0.0303. The van der Waals surface area contributed by atoms with E-state index >= 15 is 0 Å². The molecule has 2 aromatic rings. The third-order valence-electron chi connectivity index (χ3n) is 4.03. The molecule has 0 radical (unpaired) electrons. The molecule has 0 aliphatic carbocycles. The first kappa shape index (κ1) is 21.1. The zero-order valence-corrected chi connectivity index (χ0v) is 17.6. The Morgan fingerprint density at radius 1 is 1.14 bits per heavy atom. The van der Waals surface area contributed by atoms with Crippen LogP contribution in [0.25, 0.3) is 6.08 Å². The molecule has 1 saturated heterocycles. The minimum atomic E-state index is -0.360. The van der Waals surface area contributed by atoms with Gasteiger partial charge in [-0.1, -0.05) is 29.8 Å². The average Bonchev–Trinajstić information content (AvgIpc) is 2.96. The minimum absolute atomic E-state index is 0.171. The Morgan fingerprint density at radius 3 is 2.59 bits per heavy atom. The number of thioether (sulfide) groups is 1. The quantitative estimate of drug-likeness (QED) is 0.554. The maximum atomic E-state index is 12.7. The zero-order chi connectivity index (χ0) is 20.8. The van der Waals surface area contributed by atoms with E-state index in [0.29, 0.717) is 39.3 Å². The molecule has 1 aliphatic heterocycles. The summed E-state index contributed by atoms with van der Waals surface area (Å²) >= 11 is 7.14. The second kappa shape index (κ2) is 9.71. The first-order valence-corrected chi connectivity index (χ1v) is 10.2. The maximum absolute atomic E-state index is 12.7. The first-order valence-electron chi connectivity index (χ1n) is 8.97. The monoisotopic (exact) mass is 433 g/mol. The van der Waals surface area contributed by atoms with E-state index in [4.69, 9.17) is 25.8 Å². The Labute approximate surface area is 178 Å². The number of rotatable bonds is 8. The van der Waals surface area contributed by atoms with Crippen molar-refractivity contribution in [3.8, 4) is 17.2 Å². The molecule has 2 amide bonds. The molecule has 8 heteroatoms. The molecule has 0 atom stereocenters. The van der Waals surface area contributed by atoms with Gasteiger partial charge in [0.1, 0.15) is 12.4 Å². The van der Waals surface area contributed by atoms with Crippen molar-refractivity contribution in [1.29, 1.82) is 0 Å². The lowest BCUT2D eigenvalue weighted by Crippen LogP contribution is -2.32. The molecule has 1 fully saturated rings. The van der Waals surface area contributed by atoms with Gasteiger partial charge in [0.05, 0.1) is 30.2 Å². The van der Waals surface area contributed by atoms with Crippen LogP contribution >= 0.6 is 23.4 Å². The summed E-state index contributed by atoms with van der Waals surface area (Å²) in [7, 11) is 1.51. The largest absolute Gasteiger partial charge is 0.492 e. The Morgan fingerprint density at radius 2 is 1.90 bits per heavy atom. The van der Waals surface area contributed by atoms with Crippen molar-refractivity contribution in [2.75, 3.05) is 26.9 Å². The molecule has 2 aromatic carbocycles. The van der Waals surface area contributed by atoms with E-state index in [1.165, 1.54) is 12.0 Å². The number of hydrogen-bond donors (Lipinski definition) is 0. The van der Waals surface area contributed by atoms with Gasteiger partial charge < -0.3 is 14.2 Å². The second-order valence-electron chi connectivity index (χ2n) is 5.96. The SMILES string of the molecule is CCOc1cc(/C=C2\SC(=O)N(CCOc3ccccc3)C2=O)cc(Cl)c1OC. The molecule has 29 heavy (non-hydrogen) atoms. The lowest BCUT2D eigenvalue weighted by Gasteiger charge is -2.13. The number of para-hydroxylation sites is 1. The third kappa shape index (κ3) is 5.05. The van der Waals surface area contributed by atoms with Crippen molar-refractivity contribution >= 4 is 40.6 Å². The lowest BCUT2D eigenvalue weighted by atomic mass is 10.1. The van der Waals surface area contributed by atoms with Crippen LogP contribution in [0, 0.1) is 0 Å². The molecule has 1 heterocycles. The van der Waals surface area contributed by atoms with E-state index in [9.17, 15) is 9.59 Å². The Hall–Kier alpha value is -2.64. The van der Waals surface area contributed by atoms with Crippen molar-refractivity contribution < 1.29 is 23.8 Å². The number of nitrogens with zero attached hydrogens (tertiary/aromatic N) is 1. The molecule has 1 aliphatic rings.